The first-order chi connectivity index (χ1) is 13.7. The molecule has 3 rings (SSSR count). The summed E-state index contributed by atoms with van der Waals surface area (Å²) in [6.45, 7) is 1.97. The fourth-order valence-corrected chi connectivity index (χ4v) is 4.34. The summed E-state index contributed by atoms with van der Waals surface area (Å²) in [6, 6.07) is 11.9. The van der Waals surface area contributed by atoms with Crippen molar-refractivity contribution in [3.05, 3.63) is 59.0 Å². The summed E-state index contributed by atoms with van der Waals surface area (Å²) in [7, 11) is -3.60. The number of benzene rings is 2. The van der Waals surface area contributed by atoms with Gasteiger partial charge in [0.15, 0.2) is 0 Å². The molecule has 29 heavy (non-hydrogen) atoms. The summed E-state index contributed by atoms with van der Waals surface area (Å²) >= 11 is 6.04. The van der Waals surface area contributed by atoms with Gasteiger partial charge in [0, 0.05) is 16.8 Å². The third kappa shape index (κ3) is 4.21. The number of sulfonamides is 1. The molecule has 6 nitrogen and oxygen atoms in total. The van der Waals surface area contributed by atoms with Crippen molar-refractivity contribution >= 4 is 38.2 Å². The molecule has 0 saturated heterocycles. The van der Waals surface area contributed by atoms with Gasteiger partial charge in [-0.2, -0.15) is 10.4 Å². The van der Waals surface area contributed by atoms with E-state index in [1.165, 1.54) is 12.3 Å². The quantitative estimate of drug-likeness (QED) is 0.585. The van der Waals surface area contributed by atoms with E-state index in [0.29, 0.717) is 28.8 Å². The molecule has 1 aromatic heterocycles. The zero-order chi connectivity index (χ0) is 21.2. The van der Waals surface area contributed by atoms with E-state index in [0.717, 1.165) is 17.9 Å². The van der Waals surface area contributed by atoms with Crippen molar-refractivity contribution in [3.8, 4) is 6.07 Å². The zero-order valence-electron chi connectivity index (χ0n) is 16.0. The lowest BCUT2D eigenvalue weighted by molar-refractivity contribution is 0.298. The molecule has 0 bridgehead atoms. The first-order valence-corrected chi connectivity index (χ1v) is 11.3. The summed E-state index contributed by atoms with van der Waals surface area (Å²) in [5, 5.41) is 14.8. The summed E-state index contributed by atoms with van der Waals surface area (Å²) in [4.78, 5) is 0. The molecular formula is C20H20ClFN4O2S. The van der Waals surface area contributed by atoms with Gasteiger partial charge in [0.1, 0.15) is 5.82 Å². The number of hydrogen-bond acceptors (Lipinski definition) is 4. The van der Waals surface area contributed by atoms with E-state index in [9.17, 15) is 18.1 Å². The van der Waals surface area contributed by atoms with Crippen LogP contribution in [0.2, 0.25) is 5.02 Å². The molecule has 3 aromatic rings. The molecule has 0 saturated carbocycles. The van der Waals surface area contributed by atoms with Gasteiger partial charge in [0.05, 0.1) is 35.3 Å². The van der Waals surface area contributed by atoms with E-state index in [4.69, 9.17) is 11.6 Å². The Morgan fingerprint density at radius 1 is 1.31 bits per heavy atom. The fraction of sp³-hybridized carbons (Fsp3) is 0.300. The molecule has 0 aliphatic carbocycles. The van der Waals surface area contributed by atoms with Crippen LogP contribution in [0.4, 0.5) is 10.1 Å². The van der Waals surface area contributed by atoms with Crippen molar-refractivity contribution in [1.29, 1.82) is 5.26 Å². The van der Waals surface area contributed by atoms with E-state index in [1.54, 1.807) is 16.8 Å². The molecule has 9 heteroatoms. The van der Waals surface area contributed by atoms with Crippen molar-refractivity contribution in [2.45, 2.75) is 31.7 Å². The van der Waals surface area contributed by atoms with Crippen LogP contribution < -0.4 is 4.72 Å². The lowest BCUT2D eigenvalue weighted by atomic mass is 9.83. The summed E-state index contributed by atoms with van der Waals surface area (Å²) in [6.07, 6.45) is 3.81. The number of nitriles is 1. The molecule has 2 aromatic carbocycles. The SMILES string of the molecule is CCC(CCC#N)(c1ccc(Cl)cc1)n1ncc2c(NS(C)(=O)=O)cc(F)cc21. The van der Waals surface area contributed by atoms with Gasteiger partial charge in [-0.05, 0) is 42.7 Å². The molecule has 1 unspecified atom stereocenters. The number of rotatable bonds is 7. The van der Waals surface area contributed by atoms with E-state index >= 15 is 0 Å². The van der Waals surface area contributed by atoms with Crippen LogP contribution in [0, 0.1) is 17.1 Å². The summed E-state index contributed by atoms with van der Waals surface area (Å²) in [5.41, 5.74) is 0.714. The first kappa shape index (κ1) is 21.1. The Balaban J connectivity index is 2.28. The monoisotopic (exact) mass is 434 g/mol. The molecule has 0 spiro atoms. The molecule has 1 heterocycles. The Morgan fingerprint density at radius 2 is 2.00 bits per heavy atom. The Bertz CT molecular complexity index is 1190. The minimum absolute atomic E-state index is 0.121. The van der Waals surface area contributed by atoms with E-state index in [1.807, 2.05) is 19.1 Å². The van der Waals surface area contributed by atoms with E-state index in [2.05, 4.69) is 15.9 Å². The molecule has 152 valence electrons. The Morgan fingerprint density at radius 3 is 2.59 bits per heavy atom. The van der Waals surface area contributed by atoms with Gasteiger partial charge < -0.3 is 0 Å². The lowest BCUT2D eigenvalue weighted by Crippen LogP contribution is -2.35. The van der Waals surface area contributed by atoms with Crippen molar-refractivity contribution in [3.63, 3.8) is 0 Å². The van der Waals surface area contributed by atoms with E-state index in [-0.39, 0.29) is 12.1 Å². The van der Waals surface area contributed by atoms with Gasteiger partial charge in [-0.25, -0.2) is 12.8 Å². The zero-order valence-corrected chi connectivity index (χ0v) is 17.6. The molecule has 0 fully saturated rings. The van der Waals surface area contributed by atoms with Crippen LogP contribution >= 0.6 is 11.6 Å². The van der Waals surface area contributed by atoms with Gasteiger partial charge in [0.25, 0.3) is 0 Å². The number of aromatic nitrogens is 2. The highest BCUT2D eigenvalue weighted by molar-refractivity contribution is 7.92. The third-order valence-electron chi connectivity index (χ3n) is 4.97. The highest BCUT2D eigenvalue weighted by Crippen LogP contribution is 2.39. The van der Waals surface area contributed by atoms with Crippen LogP contribution in [-0.2, 0) is 15.6 Å². The molecule has 0 aliphatic heterocycles. The van der Waals surface area contributed by atoms with Crippen LogP contribution in [0.5, 0.6) is 0 Å². The Kier molecular flexibility index (Phi) is 5.82. The molecule has 1 atom stereocenters. The molecule has 1 N–H and O–H groups in total. The normalized spacial score (nSPS) is 13.8. The maximum atomic E-state index is 14.4. The van der Waals surface area contributed by atoms with Crippen molar-refractivity contribution in [2.24, 2.45) is 0 Å². The van der Waals surface area contributed by atoms with Gasteiger partial charge in [-0.15, -0.1) is 0 Å². The van der Waals surface area contributed by atoms with Gasteiger partial charge in [-0.3, -0.25) is 9.40 Å². The molecule has 0 radical (unpaired) electrons. The molecule has 0 aliphatic rings. The standard InChI is InChI=1S/C20H20ClFN4O2S/c1-3-20(9-4-10-23,14-5-7-15(21)8-6-14)26-19-12-16(22)11-18(17(19)13-24-26)25-29(2,27)28/h5-8,11-13,25H,3-4,9H2,1-2H3. The van der Waals surface area contributed by atoms with Crippen molar-refractivity contribution < 1.29 is 12.8 Å². The minimum Gasteiger partial charge on any atom is -0.283 e. The maximum absolute atomic E-state index is 14.4. The first-order valence-electron chi connectivity index (χ1n) is 8.99. The van der Waals surface area contributed by atoms with Crippen molar-refractivity contribution in [1.82, 2.24) is 9.78 Å². The Labute approximate surface area is 174 Å². The second kappa shape index (κ2) is 8.01. The number of fused-ring (bicyclic) bond motifs is 1. The average molecular weight is 435 g/mol. The van der Waals surface area contributed by atoms with Crippen LogP contribution in [0.25, 0.3) is 10.9 Å². The number of nitrogens with zero attached hydrogens (tertiary/aromatic N) is 3. The lowest BCUT2D eigenvalue weighted by Gasteiger charge is -2.34. The van der Waals surface area contributed by atoms with Crippen LogP contribution in [-0.4, -0.2) is 24.5 Å². The highest BCUT2D eigenvalue weighted by Gasteiger charge is 2.35. The van der Waals surface area contributed by atoms with Gasteiger partial charge in [-0.1, -0.05) is 30.7 Å². The Hall–Kier alpha value is -2.63. The second-order valence-electron chi connectivity index (χ2n) is 6.87. The fourth-order valence-electron chi connectivity index (χ4n) is 3.64. The predicted molar refractivity (Wildman–Crippen MR) is 112 cm³/mol. The molecular weight excluding hydrogens is 415 g/mol. The van der Waals surface area contributed by atoms with Gasteiger partial charge >= 0.3 is 0 Å². The summed E-state index contributed by atoms with van der Waals surface area (Å²) in [5.74, 6) is -0.591. The number of hydrogen-bond donors (Lipinski definition) is 1. The van der Waals surface area contributed by atoms with Gasteiger partial charge in [0.2, 0.25) is 10.0 Å². The smallest absolute Gasteiger partial charge is 0.229 e. The number of nitrogens with one attached hydrogen (secondary N) is 1. The highest BCUT2D eigenvalue weighted by atomic mass is 35.5. The minimum atomic E-state index is -3.60. The number of anilines is 1. The van der Waals surface area contributed by atoms with Crippen LogP contribution in [0.15, 0.2) is 42.6 Å². The van der Waals surface area contributed by atoms with Crippen LogP contribution in [0.1, 0.15) is 31.7 Å². The van der Waals surface area contributed by atoms with Crippen molar-refractivity contribution in [2.75, 3.05) is 11.0 Å². The average Bonchev–Trinajstić information content (AvgIpc) is 3.07. The number of halogens is 2. The third-order valence-corrected chi connectivity index (χ3v) is 5.81. The largest absolute Gasteiger partial charge is 0.283 e. The van der Waals surface area contributed by atoms with E-state index < -0.39 is 21.4 Å². The molecule has 0 amide bonds. The maximum Gasteiger partial charge on any atom is 0.229 e. The second-order valence-corrected chi connectivity index (χ2v) is 9.05. The van der Waals surface area contributed by atoms with Crippen LogP contribution in [0.3, 0.4) is 0 Å². The topological polar surface area (TPSA) is 87.8 Å². The predicted octanol–water partition coefficient (Wildman–Crippen LogP) is 4.66. The summed E-state index contributed by atoms with van der Waals surface area (Å²) < 4.78 is 41.8.